The molecule has 5 nitrogen and oxygen atoms in total. The minimum Gasteiger partial charge on any atom is -0.349 e. The van der Waals surface area contributed by atoms with Gasteiger partial charge in [0.15, 0.2) is 0 Å². The molecule has 124 valence electrons. The van der Waals surface area contributed by atoms with Crippen molar-refractivity contribution in [1.29, 1.82) is 0 Å². The van der Waals surface area contributed by atoms with Crippen molar-refractivity contribution in [2.75, 3.05) is 11.9 Å². The number of aromatic nitrogens is 1. The third kappa shape index (κ3) is 4.29. The second-order valence-electron chi connectivity index (χ2n) is 5.62. The molecule has 0 unspecified atom stereocenters. The number of hydrogen-bond donors (Lipinski definition) is 2. The molecule has 2 amide bonds. The summed E-state index contributed by atoms with van der Waals surface area (Å²) in [6.45, 7) is 8.04. The average Bonchev–Trinajstić information content (AvgIpc) is 2.60. The van der Waals surface area contributed by atoms with Gasteiger partial charge in [0.1, 0.15) is 5.69 Å². The monoisotopic (exact) mass is 323 g/mol. The molecule has 0 atom stereocenters. The Morgan fingerprint density at radius 3 is 2.67 bits per heavy atom. The average molecular weight is 323 g/mol. The van der Waals surface area contributed by atoms with Gasteiger partial charge in [-0.05, 0) is 29.7 Å². The van der Waals surface area contributed by atoms with Gasteiger partial charge in [-0.2, -0.15) is 0 Å². The van der Waals surface area contributed by atoms with Crippen molar-refractivity contribution in [1.82, 2.24) is 10.3 Å². The van der Waals surface area contributed by atoms with Gasteiger partial charge in [-0.3, -0.25) is 14.6 Å². The van der Waals surface area contributed by atoms with Gasteiger partial charge in [-0.15, -0.1) is 6.58 Å². The number of pyridine rings is 1. The molecule has 0 fully saturated rings. The first-order valence-corrected chi connectivity index (χ1v) is 7.78. The molecule has 1 aromatic heterocycles. The molecule has 2 aromatic rings. The van der Waals surface area contributed by atoms with Crippen molar-refractivity contribution in [2.45, 2.75) is 19.8 Å². The maximum atomic E-state index is 12.5. The standard InChI is InChI=1S/C19H21N3O2/c1-4-10-21-18(23)14-9-11-20-17(12-14)19(24)22-16-8-6-5-7-15(16)13(2)3/h4-9,11-13H,1,10H2,2-3H3,(H,21,23)(H,22,24). The lowest BCUT2D eigenvalue weighted by Gasteiger charge is -2.13. The van der Waals surface area contributed by atoms with Crippen LogP contribution in [-0.2, 0) is 0 Å². The number of anilines is 1. The summed E-state index contributed by atoms with van der Waals surface area (Å²) in [5, 5.41) is 5.54. The zero-order chi connectivity index (χ0) is 17.5. The lowest BCUT2D eigenvalue weighted by molar-refractivity contribution is 0.0958. The molecule has 24 heavy (non-hydrogen) atoms. The number of nitrogens with one attached hydrogen (secondary N) is 2. The maximum absolute atomic E-state index is 12.5. The molecule has 0 saturated carbocycles. The zero-order valence-corrected chi connectivity index (χ0v) is 13.9. The van der Waals surface area contributed by atoms with E-state index in [2.05, 4.69) is 36.0 Å². The number of para-hydroxylation sites is 1. The number of carbonyl (C=O) groups excluding carboxylic acids is 2. The van der Waals surface area contributed by atoms with Crippen LogP contribution in [0.5, 0.6) is 0 Å². The highest BCUT2D eigenvalue weighted by Gasteiger charge is 2.14. The summed E-state index contributed by atoms with van der Waals surface area (Å²) in [7, 11) is 0. The Labute approximate surface area is 141 Å². The highest BCUT2D eigenvalue weighted by molar-refractivity contribution is 6.05. The summed E-state index contributed by atoms with van der Waals surface area (Å²) < 4.78 is 0. The molecule has 1 heterocycles. The van der Waals surface area contributed by atoms with Crippen LogP contribution in [-0.4, -0.2) is 23.3 Å². The zero-order valence-electron chi connectivity index (χ0n) is 13.9. The predicted octanol–water partition coefficient (Wildman–Crippen LogP) is 3.37. The molecule has 0 aliphatic heterocycles. The Kier molecular flexibility index (Phi) is 5.84. The number of carbonyl (C=O) groups is 2. The summed E-state index contributed by atoms with van der Waals surface area (Å²) >= 11 is 0. The SMILES string of the molecule is C=CCNC(=O)c1ccnc(C(=O)Nc2ccccc2C(C)C)c1. The Hall–Kier alpha value is -2.95. The number of hydrogen-bond acceptors (Lipinski definition) is 3. The normalized spacial score (nSPS) is 10.3. The smallest absolute Gasteiger partial charge is 0.274 e. The molecule has 0 aliphatic carbocycles. The third-order valence-electron chi connectivity index (χ3n) is 3.49. The van der Waals surface area contributed by atoms with Gasteiger partial charge in [0, 0.05) is 24.0 Å². The fraction of sp³-hybridized carbons (Fsp3) is 0.211. The summed E-state index contributed by atoms with van der Waals surface area (Å²) in [5.41, 5.74) is 2.38. The molecule has 0 saturated heterocycles. The topological polar surface area (TPSA) is 71.1 Å². The molecule has 0 spiro atoms. The fourth-order valence-corrected chi connectivity index (χ4v) is 2.26. The van der Waals surface area contributed by atoms with Crippen molar-refractivity contribution in [2.24, 2.45) is 0 Å². The van der Waals surface area contributed by atoms with E-state index in [-0.39, 0.29) is 23.4 Å². The first kappa shape index (κ1) is 17.4. The Balaban J connectivity index is 2.19. The minimum absolute atomic E-state index is 0.194. The van der Waals surface area contributed by atoms with E-state index in [4.69, 9.17) is 0 Å². The van der Waals surface area contributed by atoms with Crippen LogP contribution >= 0.6 is 0 Å². The molecule has 0 radical (unpaired) electrons. The van der Waals surface area contributed by atoms with E-state index in [1.54, 1.807) is 12.1 Å². The lowest BCUT2D eigenvalue weighted by atomic mass is 10.0. The van der Waals surface area contributed by atoms with Crippen LogP contribution in [0.3, 0.4) is 0 Å². The Morgan fingerprint density at radius 2 is 1.96 bits per heavy atom. The fourth-order valence-electron chi connectivity index (χ4n) is 2.26. The number of amides is 2. The van der Waals surface area contributed by atoms with Gasteiger partial charge in [0.2, 0.25) is 0 Å². The van der Waals surface area contributed by atoms with E-state index < -0.39 is 0 Å². The van der Waals surface area contributed by atoms with Crippen LogP contribution in [0.25, 0.3) is 0 Å². The van der Waals surface area contributed by atoms with E-state index in [0.29, 0.717) is 12.1 Å². The third-order valence-corrected chi connectivity index (χ3v) is 3.49. The van der Waals surface area contributed by atoms with Crippen LogP contribution in [0.15, 0.2) is 55.3 Å². The van der Waals surface area contributed by atoms with Crippen LogP contribution in [0, 0.1) is 0 Å². The van der Waals surface area contributed by atoms with Crippen LogP contribution in [0.2, 0.25) is 0 Å². The van der Waals surface area contributed by atoms with E-state index in [1.165, 1.54) is 12.3 Å². The highest BCUT2D eigenvalue weighted by atomic mass is 16.2. The van der Waals surface area contributed by atoms with E-state index in [9.17, 15) is 9.59 Å². The van der Waals surface area contributed by atoms with Gasteiger partial charge in [-0.25, -0.2) is 0 Å². The lowest BCUT2D eigenvalue weighted by Crippen LogP contribution is -2.24. The predicted molar refractivity (Wildman–Crippen MR) is 95.3 cm³/mol. The van der Waals surface area contributed by atoms with Crippen molar-refractivity contribution >= 4 is 17.5 Å². The van der Waals surface area contributed by atoms with Crippen LogP contribution in [0.4, 0.5) is 5.69 Å². The van der Waals surface area contributed by atoms with E-state index in [0.717, 1.165) is 11.3 Å². The van der Waals surface area contributed by atoms with Crippen LogP contribution < -0.4 is 10.6 Å². The first-order chi connectivity index (χ1) is 11.5. The van der Waals surface area contributed by atoms with Gasteiger partial charge in [0.25, 0.3) is 11.8 Å². The maximum Gasteiger partial charge on any atom is 0.274 e. The molecule has 2 rings (SSSR count). The summed E-state index contributed by atoms with van der Waals surface area (Å²) in [6.07, 6.45) is 3.04. The molecule has 0 aliphatic rings. The summed E-state index contributed by atoms with van der Waals surface area (Å²) in [5.74, 6) is -0.333. The molecular weight excluding hydrogens is 302 g/mol. The molecular formula is C19H21N3O2. The van der Waals surface area contributed by atoms with Gasteiger partial charge in [0.05, 0.1) is 0 Å². The van der Waals surface area contributed by atoms with Gasteiger partial charge < -0.3 is 10.6 Å². The van der Waals surface area contributed by atoms with Crippen molar-refractivity contribution < 1.29 is 9.59 Å². The molecule has 2 N–H and O–H groups in total. The summed E-state index contributed by atoms with van der Waals surface area (Å²) in [4.78, 5) is 28.5. The number of nitrogens with zero attached hydrogens (tertiary/aromatic N) is 1. The van der Waals surface area contributed by atoms with Crippen molar-refractivity contribution in [3.8, 4) is 0 Å². The molecule has 1 aromatic carbocycles. The van der Waals surface area contributed by atoms with E-state index >= 15 is 0 Å². The number of rotatable bonds is 6. The largest absolute Gasteiger partial charge is 0.349 e. The number of benzene rings is 1. The van der Waals surface area contributed by atoms with E-state index in [1.807, 2.05) is 24.3 Å². The van der Waals surface area contributed by atoms with Crippen molar-refractivity contribution in [3.05, 3.63) is 72.1 Å². The minimum atomic E-state index is -0.346. The Morgan fingerprint density at radius 1 is 1.21 bits per heavy atom. The van der Waals surface area contributed by atoms with Gasteiger partial charge >= 0.3 is 0 Å². The van der Waals surface area contributed by atoms with Crippen LogP contribution in [0.1, 0.15) is 46.2 Å². The second kappa shape index (κ2) is 8.06. The van der Waals surface area contributed by atoms with Crippen molar-refractivity contribution in [3.63, 3.8) is 0 Å². The first-order valence-electron chi connectivity index (χ1n) is 7.78. The quantitative estimate of drug-likeness (QED) is 0.801. The van der Waals surface area contributed by atoms with Gasteiger partial charge in [-0.1, -0.05) is 38.1 Å². The highest BCUT2D eigenvalue weighted by Crippen LogP contribution is 2.24. The summed E-state index contributed by atoms with van der Waals surface area (Å²) in [6, 6.07) is 10.7. The molecule has 5 heteroatoms. The molecule has 0 bridgehead atoms. The Bertz CT molecular complexity index is 754. The second-order valence-corrected chi connectivity index (χ2v) is 5.62.